The van der Waals surface area contributed by atoms with E-state index in [-0.39, 0.29) is 11.2 Å². The lowest BCUT2D eigenvalue weighted by molar-refractivity contribution is 0.513. The molecule has 0 unspecified atom stereocenters. The number of hydrogen-bond acceptors (Lipinski definition) is 3. The Hall–Kier alpha value is 0.200. The van der Waals surface area contributed by atoms with Crippen molar-refractivity contribution in [2.75, 3.05) is 30.5 Å². The summed E-state index contributed by atoms with van der Waals surface area (Å²) >= 11 is 5.82. The van der Waals surface area contributed by atoms with Gasteiger partial charge in [0.25, 0.3) is 0 Å². The van der Waals surface area contributed by atoms with Crippen molar-refractivity contribution in [1.29, 1.82) is 0 Å². The molecule has 0 spiro atoms. The Bertz CT molecular complexity index is 286. The van der Waals surface area contributed by atoms with Gasteiger partial charge in [-0.05, 0) is 24.7 Å². The highest BCUT2D eigenvalue weighted by molar-refractivity contribution is 7.91. The van der Waals surface area contributed by atoms with E-state index in [1.807, 2.05) is 6.92 Å². The van der Waals surface area contributed by atoms with Crippen molar-refractivity contribution >= 4 is 21.4 Å². The second-order valence-electron chi connectivity index (χ2n) is 4.46. The Labute approximate surface area is 97.5 Å². The van der Waals surface area contributed by atoms with E-state index >= 15 is 0 Å². The number of sulfone groups is 1. The molecule has 3 nitrogen and oxygen atoms in total. The van der Waals surface area contributed by atoms with Gasteiger partial charge in [-0.15, -0.1) is 11.6 Å². The fraction of sp³-hybridized carbons (Fsp3) is 1.00. The predicted octanol–water partition coefficient (Wildman–Crippen LogP) is 1.42. The van der Waals surface area contributed by atoms with Gasteiger partial charge >= 0.3 is 0 Å². The minimum absolute atomic E-state index is 0.249. The van der Waals surface area contributed by atoms with Crippen molar-refractivity contribution in [1.82, 2.24) is 5.32 Å². The van der Waals surface area contributed by atoms with Gasteiger partial charge in [-0.1, -0.05) is 6.92 Å². The monoisotopic (exact) mass is 253 g/mol. The molecular formula is C10H20ClNO2S. The Kier molecular flexibility index (Phi) is 4.87. The first-order valence-electron chi connectivity index (χ1n) is 5.51. The van der Waals surface area contributed by atoms with Gasteiger partial charge in [0.05, 0.1) is 5.75 Å². The minimum atomic E-state index is -2.83. The first-order chi connectivity index (χ1) is 7.04. The van der Waals surface area contributed by atoms with Gasteiger partial charge in [-0.25, -0.2) is 8.42 Å². The summed E-state index contributed by atoms with van der Waals surface area (Å²) in [6, 6.07) is 0. The number of rotatable bonds is 8. The number of nitrogens with one attached hydrogen (secondary N) is 1. The van der Waals surface area contributed by atoms with E-state index in [0.29, 0.717) is 24.6 Å². The van der Waals surface area contributed by atoms with Crippen molar-refractivity contribution in [2.24, 2.45) is 5.41 Å². The highest BCUT2D eigenvalue weighted by atomic mass is 35.5. The lowest BCUT2D eigenvalue weighted by atomic mass is 10.1. The zero-order valence-corrected chi connectivity index (χ0v) is 10.8. The smallest absolute Gasteiger partial charge is 0.151 e. The van der Waals surface area contributed by atoms with Crippen LogP contribution in [0.1, 0.15) is 26.2 Å². The van der Waals surface area contributed by atoms with Crippen LogP contribution in [0.4, 0.5) is 0 Å². The third-order valence-electron chi connectivity index (χ3n) is 2.85. The fourth-order valence-corrected chi connectivity index (χ4v) is 3.17. The molecule has 0 radical (unpaired) electrons. The predicted molar refractivity (Wildman–Crippen MR) is 64.2 cm³/mol. The van der Waals surface area contributed by atoms with Crippen LogP contribution in [0.3, 0.4) is 0 Å². The second kappa shape index (κ2) is 5.51. The molecule has 0 aromatic heterocycles. The maximum Gasteiger partial charge on any atom is 0.151 e. The van der Waals surface area contributed by atoms with Crippen molar-refractivity contribution < 1.29 is 8.42 Å². The molecule has 1 fully saturated rings. The van der Waals surface area contributed by atoms with E-state index in [2.05, 4.69) is 5.32 Å². The number of halogens is 1. The van der Waals surface area contributed by atoms with E-state index in [4.69, 9.17) is 11.6 Å². The van der Waals surface area contributed by atoms with Crippen LogP contribution in [0.15, 0.2) is 0 Å². The molecule has 1 aliphatic rings. The molecule has 1 saturated carbocycles. The molecule has 90 valence electrons. The van der Waals surface area contributed by atoms with Crippen LogP contribution in [0.25, 0.3) is 0 Å². The van der Waals surface area contributed by atoms with Crippen molar-refractivity contribution in [2.45, 2.75) is 26.2 Å². The molecule has 0 aromatic rings. The molecule has 15 heavy (non-hydrogen) atoms. The summed E-state index contributed by atoms with van der Waals surface area (Å²) in [4.78, 5) is 0. The van der Waals surface area contributed by atoms with Crippen LogP contribution in [0.2, 0.25) is 0 Å². The van der Waals surface area contributed by atoms with Crippen molar-refractivity contribution in [3.63, 3.8) is 0 Å². The maximum atomic E-state index is 11.4. The van der Waals surface area contributed by atoms with E-state index in [0.717, 1.165) is 6.54 Å². The summed E-state index contributed by atoms with van der Waals surface area (Å²) in [6.07, 6.45) is 3.05. The van der Waals surface area contributed by atoms with Gasteiger partial charge in [-0.2, -0.15) is 0 Å². The molecule has 1 aliphatic carbocycles. The zero-order valence-electron chi connectivity index (χ0n) is 9.26. The normalized spacial score (nSPS) is 19.1. The van der Waals surface area contributed by atoms with E-state index in [1.165, 1.54) is 12.8 Å². The van der Waals surface area contributed by atoms with Gasteiger partial charge in [0.2, 0.25) is 0 Å². The van der Waals surface area contributed by atoms with Crippen LogP contribution in [0, 0.1) is 5.41 Å². The molecule has 1 rings (SSSR count). The summed E-state index contributed by atoms with van der Waals surface area (Å²) < 4.78 is 22.7. The highest BCUT2D eigenvalue weighted by Gasteiger charge is 2.41. The number of hydrogen-bond donors (Lipinski definition) is 1. The van der Waals surface area contributed by atoms with Crippen molar-refractivity contribution in [3.8, 4) is 0 Å². The lowest BCUT2D eigenvalue weighted by Gasteiger charge is -2.12. The standard InChI is InChI=1S/C10H20ClNO2S/c1-2-6-15(13,14)7-5-12-9-10(8-11)3-4-10/h12H,2-9H2,1H3. The van der Waals surface area contributed by atoms with Crippen LogP contribution in [-0.4, -0.2) is 38.9 Å². The van der Waals surface area contributed by atoms with E-state index in [9.17, 15) is 8.42 Å². The molecule has 0 bridgehead atoms. The first-order valence-corrected chi connectivity index (χ1v) is 7.86. The Morgan fingerprint density at radius 1 is 1.33 bits per heavy atom. The fourth-order valence-electron chi connectivity index (χ4n) is 1.53. The average Bonchev–Trinajstić information content (AvgIpc) is 2.93. The molecule has 0 saturated heterocycles. The van der Waals surface area contributed by atoms with Gasteiger partial charge in [0.15, 0.2) is 9.84 Å². The van der Waals surface area contributed by atoms with Crippen LogP contribution in [-0.2, 0) is 9.84 Å². The summed E-state index contributed by atoms with van der Waals surface area (Å²) in [5, 5.41) is 3.19. The summed E-state index contributed by atoms with van der Waals surface area (Å²) in [6.45, 7) is 3.30. The topological polar surface area (TPSA) is 46.2 Å². The van der Waals surface area contributed by atoms with Gasteiger partial charge in [0.1, 0.15) is 0 Å². The zero-order chi connectivity index (χ0) is 11.4. The quantitative estimate of drug-likeness (QED) is 0.526. The molecule has 0 heterocycles. The first kappa shape index (κ1) is 13.3. The van der Waals surface area contributed by atoms with Gasteiger partial charge < -0.3 is 5.32 Å². The SMILES string of the molecule is CCCS(=O)(=O)CCNCC1(CCl)CC1. The largest absolute Gasteiger partial charge is 0.315 e. The summed E-state index contributed by atoms with van der Waals surface area (Å²) in [7, 11) is -2.83. The molecule has 5 heteroatoms. The molecule has 0 atom stereocenters. The molecule has 0 aromatic carbocycles. The Morgan fingerprint density at radius 2 is 2.00 bits per heavy atom. The Morgan fingerprint density at radius 3 is 2.47 bits per heavy atom. The van der Waals surface area contributed by atoms with Crippen LogP contribution < -0.4 is 5.32 Å². The van der Waals surface area contributed by atoms with Crippen molar-refractivity contribution in [3.05, 3.63) is 0 Å². The lowest BCUT2D eigenvalue weighted by Crippen LogP contribution is -2.30. The highest BCUT2D eigenvalue weighted by Crippen LogP contribution is 2.45. The van der Waals surface area contributed by atoms with Gasteiger partial charge in [-0.3, -0.25) is 0 Å². The van der Waals surface area contributed by atoms with Crippen LogP contribution in [0.5, 0.6) is 0 Å². The maximum absolute atomic E-state index is 11.4. The second-order valence-corrected chi connectivity index (χ2v) is 7.03. The third kappa shape index (κ3) is 4.70. The van der Waals surface area contributed by atoms with E-state index in [1.54, 1.807) is 0 Å². The minimum Gasteiger partial charge on any atom is -0.315 e. The average molecular weight is 254 g/mol. The molecule has 0 amide bonds. The molecular weight excluding hydrogens is 234 g/mol. The van der Waals surface area contributed by atoms with E-state index < -0.39 is 9.84 Å². The molecule has 0 aliphatic heterocycles. The summed E-state index contributed by atoms with van der Waals surface area (Å²) in [5.41, 5.74) is 0.274. The third-order valence-corrected chi connectivity index (χ3v) is 5.27. The Balaban J connectivity index is 2.11. The van der Waals surface area contributed by atoms with Gasteiger partial charge in [0, 0.05) is 24.7 Å². The van der Waals surface area contributed by atoms with Crippen LogP contribution >= 0.6 is 11.6 Å². The summed E-state index contributed by atoms with van der Waals surface area (Å²) in [5.74, 6) is 1.23. The molecule has 1 N–H and O–H groups in total. The number of alkyl halides is 1.